The van der Waals surface area contributed by atoms with E-state index >= 15 is 0 Å². The molecule has 1 aliphatic carbocycles. The van der Waals surface area contributed by atoms with Crippen molar-refractivity contribution in [3.8, 4) is 16.9 Å². The first-order valence-corrected chi connectivity index (χ1v) is 15.3. The van der Waals surface area contributed by atoms with Crippen molar-refractivity contribution >= 4 is 11.7 Å². The molecule has 2 fully saturated rings. The fraction of sp³-hybridized carbons (Fsp3) is 0.486. The second-order valence-electron chi connectivity index (χ2n) is 13.0. The van der Waals surface area contributed by atoms with Crippen LogP contribution in [0.1, 0.15) is 81.5 Å². The number of pyridine rings is 1. The fourth-order valence-corrected chi connectivity index (χ4v) is 6.44. The normalized spacial score (nSPS) is 17.0. The van der Waals surface area contributed by atoms with E-state index in [1.807, 2.05) is 45.0 Å². The molecule has 7 nitrogen and oxygen atoms in total. The van der Waals surface area contributed by atoms with Crippen LogP contribution in [0.3, 0.4) is 0 Å². The van der Waals surface area contributed by atoms with Gasteiger partial charge in [0, 0.05) is 36.3 Å². The van der Waals surface area contributed by atoms with Gasteiger partial charge in [-0.15, -0.1) is 0 Å². The Balaban J connectivity index is 1.51. The van der Waals surface area contributed by atoms with Crippen LogP contribution in [-0.4, -0.2) is 46.5 Å². The van der Waals surface area contributed by atoms with Gasteiger partial charge < -0.3 is 24.6 Å². The molecular formula is C35H43FN2O5. The highest BCUT2D eigenvalue weighted by molar-refractivity contribution is 5.88. The van der Waals surface area contributed by atoms with Gasteiger partial charge in [0.1, 0.15) is 11.6 Å². The van der Waals surface area contributed by atoms with Gasteiger partial charge in [-0.2, -0.15) is 0 Å². The molecule has 0 bridgehead atoms. The smallest absolute Gasteiger partial charge is 0.337 e. The number of anilines is 1. The average Bonchev–Trinajstić information content (AvgIpc) is 2.96. The van der Waals surface area contributed by atoms with Crippen LogP contribution in [-0.2, 0) is 22.6 Å². The van der Waals surface area contributed by atoms with E-state index in [0.29, 0.717) is 41.1 Å². The van der Waals surface area contributed by atoms with E-state index < -0.39 is 17.7 Å². The molecule has 2 aliphatic rings. The number of hydrogen-bond acceptors (Lipinski definition) is 6. The number of rotatable bonds is 10. The highest BCUT2D eigenvalue weighted by atomic mass is 19.1. The molecule has 5 rings (SSSR count). The minimum absolute atomic E-state index is 0.262. The van der Waals surface area contributed by atoms with Gasteiger partial charge >= 0.3 is 5.97 Å². The van der Waals surface area contributed by atoms with E-state index in [4.69, 9.17) is 14.5 Å². The van der Waals surface area contributed by atoms with Gasteiger partial charge in [0.05, 0.1) is 30.2 Å². The number of aliphatic carboxylic acids is 1. The summed E-state index contributed by atoms with van der Waals surface area (Å²) in [6, 6.07) is 14.0. The van der Waals surface area contributed by atoms with Crippen molar-refractivity contribution in [1.82, 2.24) is 4.98 Å². The van der Waals surface area contributed by atoms with Gasteiger partial charge in [-0.1, -0.05) is 30.7 Å². The molecule has 230 valence electrons. The number of ether oxygens (including phenoxy) is 2. The van der Waals surface area contributed by atoms with Crippen LogP contribution < -0.4 is 9.64 Å². The van der Waals surface area contributed by atoms with Gasteiger partial charge in [0.25, 0.3) is 0 Å². The summed E-state index contributed by atoms with van der Waals surface area (Å²) in [5.74, 6) is -0.647. The molecule has 0 amide bonds. The summed E-state index contributed by atoms with van der Waals surface area (Å²) in [6.07, 6.45) is 5.32. The zero-order chi connectivity index (χ0) is 30.8. The number of aryl methyl sites for hydroxylation is 1. The van der Waals surface area contributed by atoms with Crippen LogP contribution in [0.4, 0.5) is 10.1 Å². The van der Waals surface area contributed by atoms with E-state index in [-0.39, 0.29) is 12.4 Å². The third-order valence-corrected chi connectivity index (χ3v) is 8.85. The standard InChI is InChI=1S/C35H43FN2O5/c1-23-29(32(33(40)41)43-34(2,3)4)31(38-19-17-35(18-20-38)15-5-16-35)30(28(22-39)37-23)25-8-12-27(13-9-25)42-21-14-24-6-10-26(36)11-7-24/h6-13,32,39H,5,14-22H2,1-4H3,(H,40,41)/t32-/m0/s1. The molecule has 1 aliphatic heterocycles. The number of benzene rings is 2. The molecule has 43 heavy (non-hydrogen) atoms. The summed E-state index contributed by atoms with van der Waals surface area (Å²) in [7, 11) is 0. The Morgan fingerprint density at radius 1 is 1.05 bits per heavy atom. The first-order chi connectivity index (χ1) is 20.5. The molecule has 8 heteroatoms. The lowest BCUT2D eigenvalue weighted by Gasteiger charge is -2.49. The Morgan fingerprint density at radius 2 is 1.70 bits per heavy atom. The number of aliphatic hydroxyl groups is 1. The Morgan fingerprint density at radius 3 is 2.23 bits per heavy atom. The molecule has 1 saturated heterocycles. The lowest BCUT2D eigenvalue weighted by Crippen LogP contribution is -2.44. The predicted molar refractivity (Wildman–Crippen MR) is 165 cm³/mol. The van der Waals surface area contributed by atoms with Crippen molar-refractivity contribution in [2.75, 3.05) is 24.6 Å². The zero-order valence-electron chi connectivity index (χ0n) is 25.7. The molecular weight excluding hydrogens is 547 g/mol. The number of aromatic nitrogens is 1. The molecule has 2 heterocycles. The summed E-state index contributed by atoms with van der Waals surface area (Å²) < 4.78 is 25.4. The number of piperidine rings is 1. The SMILES string of the molecule is Cc1nc(CO)c(-c2ccc(OCCc3ccc(F)cc3)cc2)c(N2CCC3(CCC3)CC2)c1[C@H](OC(C)(C)C)C(=O)O. The van der Waals surface area contributed by atoms with E-state index in [1.165, 1.54) is 31.4 Å². The highest BCUT2D eigenvalue weighted by Crippen LogP contribution is 2.51. The van der Waals surface area contributed by atoms with E-state index in [0.717, 1.165) is 48.3 Å². The maximum atomic E-state index is 13.2. The van der Waals surface area contributed by atoms with Crippen LogP contribution >= 0.6 is 0 Å². The Labute approximate surface area is 253 Å². The second kappa shape index (κ2) is 12.6. The number of carboxylic acid groups (broad SMARTS) is 1. The van der Waals surface area contributed by atoms with Crippen molar-refractivity contribution in [1.29, 1.82) is 0 Å². The predicted octanol–water partition coefficient (Wildman–Crippen LogP) is 7.02. The number of nitrogens with zero attached hydrogens (tertiary/aromatic N) is 2. The maximum Gasteiger partial charge on any atom is 0.337 e. The molecule has 3 aromatic rings. The van der Waals surface area contributed by atoms with Crippen molar-refractivity contribution < 1.29 is 28.9 Å². The Bertz CT molecular complexity index is 1420. The topological polar surface area (TPSA) is 92.1 Å². The van der Waals surface area contributed by atoms with Gasteiger partial charge in [-0.3, -0.25) is 4.98 Å². The molecule has 1 aromatic heterocycles. The van der Waals surface area contributed by atoms with E-state index in [9.17, 15) is 19.4 Å². The Kier molecular flexibility index (Phi) is 9.09. The molecule has 1 saturated carbocycles. The number of aliphatic hydroxyl groups excluding tert-OH is 1. The van der Waals surface area contributed by atoms with Crippen molar-refractivity contribution in [2.45, 2.75) is 84.5 Å². The van der Waals surface area contributed by atoms with E-state index in [1.54, 1.807) is 19.1 Å². The third kappa shape index (κ3) is 7.02. The number of hydrogen-bond donors (Lipinski definition) is 2. The minimum Gasteiger partial charge on any atom is -0.493 e. The summed E-state index contributed by atoms with van der Waals surface area (Å²) in [5.41, 5.74) is 4.62. The van der Waals surface area contributed by atoms with Gasteiger partial charge in [0.2, 0.25) is 0 Å². The second-order valence-corrected chi connectivity index (χ2v) is 13.0. The summed E-state index contributed by atoms with van der Waals surface area (Å²) in [5, 5.41) is 20.9. The Hall–Kier alpha value is -3.49. The van der Waals surface area contributed by atoms with Crippen LogP contribution in [0.15, 0.2) is 48.5 Å². The molecule has 0 radical (unpaired) electrons. The molecule has 2 N–H and O–H groups in total. The highest BCUT2D eigenvalue weighted by Gasteiger charge is 2.42. The number of carboxylic acids is 1. The average molecular weight is 591 g/mol. The minimum atomic E-state index is -1.22. The van der Waals surface area contributed by atoms with Gasteiger partial charge in [-0.25, -0.2) is 9.18 Å². The van der Waals surface area contributed by atoms with E-state index in [2.05, 4.69) is 4.90 Å². The fourth-order valence-electron chi connectivity index (χ4n) is 6.44. The lowest BCUT2D eigenvalue weighted by molar-refractivity contribution is -0.160. The van der Waals surface area contributed by atoms with Crippen LogP contribution in [0.2, 0.25) is 0 Å². The molecule has 0 unspecified atom stereocenters. The third-order valence-electron chi connectivity index (χ3n) is 8.85. The molecule has 2 aromatic carbocycles. The number of carbonyl (C=O) groups is 1. The molecule has 1 spiro atoms. The monoisotopic (exact) mass is 590 g/mol. The van der Waals surface area contributed by atoms with Crippen LogP contribution in [0, 0.1) is 18.2 Å². The molecule has 1 atom stereocenters. The largest absolute Gasteiger partial charge is 0.493 e. The quantitative estimate of drug-likeness (QED) is 0.262. The van der Waals surface area contributed by atoms with Gasteiger partial charge in [0.15, 0.2) is 6.10 Å². The summed E-state index contributed by atoms with van der Waals surface area (Å²) >= 11 is 0. The zero-order valence-corrected chi connectivity index (χ0v) is 25.7. The van der Waals surface area contributed by atoms with Crippen LogP contribution in [0.25, 0.3) is 11.1 Å². The summed E-state index contributed by atoms with van der Waals surface area (Å²) in [6.45, 7) is 9.13. The first kappa shape index (κ1) is 31.0. The first-order valence-electron chi connectivity index (χ1n) is 15.3. The number of halogens is 1. The van der Waals surface area contributed by atoms with Crippen molar-refractivity contribution in [3.63, 3.8) is 0 Å². The maximum absolute atomic E-state index is 13.2. The summed E-state index contributed by atoms with van der Waals surface area (Å²) in [4.78, 5) is 19.8. The lowest BCUT2D eigenvalue weighted by atomic mass is 9.63. The van der Waals surface area contributed by atoms with Crippen molar-refractivity contribution in [3.05, 3.63) is 76.9 Å². The van der Waals surface area contributed by atoms with Crippen LogP contribution in [0.5, 0.6) is 5.75 Å². The van der Waals surface area contributed by atoms with Crippen molar-refractivity contribution in [2.24, 2.45) is 5.41 Å². The van der Waals surface area contributed by atoms with Gasteiger partial charge in [-0.05, 0) is 94.2 Å².